The van der Waals surface area contributed by atoms with Gasteiger partial charge in [0.15, 0.2) is 5.65 Å². The van der Waals surface area contributed by atoms with Crippen molar-refractivity contribution in [3.05, 3.63) is 35.4 Å². The Balaban J connectivity index is 1.75. The summed E-state index contributed by atoms with van der Waals surface area (Å²) >= 11 is 0. The first kappa shape index (κ1) is 18.6. The average molecular weight is 393 g/mol. The number of fused-ring (bicyclic) bond motifs is 3. The maximum Gasteiger partial charge on any atom is 0.471 e. The van der Waals surface area contributed by atoms with Crippen LogP contribution in [0.3, 0.4) is 0 Å². The van der Waals surface area contributed by atoms with E-state index < -0.39 is 18.2 Å². The number of benzene rings is 1. The van der Waals surface area contributed by atoms with Crippen molar-refractivity contribution in [2.45, 2.75) is 38.6 Å². The van der Waals surface area contributed by atoms with E-state index >= 15 is 0 Å². The summed E-state index contributed by atoms with van der Waals surface area (Å²) in [6, 6.07) is 7.33. The Labute approximate surface area is 158 Å². The first-order valence-electron chi connectivity index (χ1n) is 8.91. The molecule has 1 amide bonds. The summed E-state index contributed by atoms with van der Waals surface area (Å²) in [6.45, 7) is 2.01. The summed E-state index contributed by atoms with van der Waals surface area (Å²) in [6.07, 6.45) is -3.97. The van der Waals surface area contributed by atoms with E-state index in [9.17, 15) is 18.0 Å². The molecule has 1 fully saturated rings. The summed E-state index contributed by atoms with van der Waals surface area (Å²) in [4.78, 5) is 12.8. The van der Waals surface area contributed by atoms with Gasteiger partial charge in [0.25, 0.3) is 0 Å². The zero-order chi connectivity index (χ0) is 19.9. The van der Waals surface area contributed by atoms with Crippen LogP contribution in [-0.2, 0) is 16.1 Å². The molecule has 4 rings (SSSR count). The van der Waals surface area contributed by atoms with Crippen LogP contribution in [0.25, 0.3) is 16.6 Å². The normalized spacial score (nSPS) is 17.5. The molecule has 10 heteroatoms. The summed E-state index contributed by atoms with van der Waals surface area (Å²) in [5.74, 6) is -1.89. The van der Waals surface area contributed by atoms with Crippen LogP contribution in [0.4, 0.5) is 13.2 Å². The minimum atomic E-state index is -4.96. The van der Waals surface area contributed by atoms with Crippen LogP contribution in [0.15, 0.2) is 24.3 Å². The molecule has 0 bridgehead atoms. The number of amides is 1. The van der Waals surface area contributed by atoms with Crippen molar-refractivity contribution in [1.29, 1.82) is 0 Å². The Bertz CT molecular complexity index is 1030. The van der Waals surface area contributed by atoms with Gasteiger partial charge in [-0.3, -0.25) is 4.79 Å². The summed E-state index contributed by atoms with van der Waals surface area (Å²) in [5, 5.41) is 12.4. The fourth-order valence-electron chi connectivity index (χ4n) is 3.63. The second kappa shape index (κ2) is 7.01. The van der Waals surface area contributed by atoms with Crippen LogP contribution in [0, 0.1) is 6.92 Å². The number of aryl methyl sites for hydroxylation is 1. The zero-order valence-electron chi connectivity index (χ0n) is 15.1. The molecule has 1 aliphatic rings. The van der Waals surface area contributed by atoms with Gasteiger partial charge in [-0.25, -0.2) is 0 Å². The molecule has 0 aliphatic carbocycles. The van der Waals surface area contributed by atoms with Gasteiger partial charge in [-0.1, -0.05) is 18.2 Å². The molecule has 1 atom stereocenters. The second-order valence-corrected chi connectivity index (χ2v) is 6.92. The number of alkyl halides is 3. The van der Waals surface area contributed by atoms with Crippen molar-refractivity contribution < 1.29 is 22.7 Å². The van der Waals surface area contributed by atoms with Crippen molar-refractivity contribution >= 4 is 22.5 Å². The lowest BCUT2D eigenvalue weighted by molar-refractivity contribution is -0.187. The van der Waals surface area contributed by atoms with Crippen molar-refractivity contribution in [1.82, 2.24) is 24.9 Å². The van der Waals surface area contributed by atoms with Gasteiger partial charge in [0.1, 0.15) is 0 Å². The fraction of sp³-hybridized carbons (Fsp3) is 0.444. The van der Waals surface area contributed by atoms with E-state index in [4.69, 9.17) is 4.74 Å². The smallest absolute Gasteiger partial charge is 0.376 e. The van der Waals surface area contributed by atoms with E-state index in [2.05, 4.69) is 15.5 Å². The molecule has 3 heterocycles. The Kier molecular flexibility index (Phi) is 4.66. The van der Waals surface area contributed by atoms with Crippen molar-refractivity contribution in [2.75, 3.05) is 13.2 Å². The molecule has 0 saturated carbocycles. The molecule has 3 aromatic rings. The maximum atomic E-state index is 13.2. The highest BCUT2D eigenvalue weighted by Crippen LogP contribution is 2.26. The zero-order valence-corrected chi connectivity index (χ0v) is 15.1. The van der Waals surface area contributed by atoms with Crippen LogP contribution >= 0.6 is 0 Å². The molecule has 1 aromatic carbocycles. The summed E-state index contributed by atoms with van der Waals surface area (Å²) in [7, 11) is 0. The lowest BCUT2D eigenvalue weighted by atomic mass is 10.1. The molecule has 2 aromatic heterocycles. The Morgan fingerprint density at radius 2 is 2.21 bits per heavy atom. The van der Waals surface area contributed by atoms with Crippen LogP contribution in [0.5, 0.6) is 0 Å². The topological polar surface area (TPSA) is 72.6 Å². The molecule has 0 N–H and O–H groups in total. The van der Waals surface area contributed by atoms with E-state index in [1.807, 2.05) is 25.1 Å². The third kappa shape index (κ3) is 3.39. The molecular formula is C18H18F3N5O2. The average Bonchev–Trinajstić information content (AvgIpc) is 3.31. The third-order valence-corrected chi connectivity index (χ3v) is 4.91. The molecule has 7 nitrogen and oxygen atoms in total. The number of para-hydroxylation sites is 1. The lowest BCUT2D eigenvalue weighted by Crippen LogP contribution is -2.44. The van der Waals surface area contributed by atoms with E-state index in [-0.39, 0.29) is 13.1 Å². The number of halogens is 3. The molecule has 148 valence electrons. The number of hydrogen-bond acceptors (Lipinski definition) is 5. The molecular weight excluding hydrogens is 375 g/mol. The maximum absolute atomic E-state index is 13.2. The Hall–Kier alpha value is -2.75. The van der Waals surface area contributed by atoms with Crippen LogP contribution < -0.4 is 0 Å². The van der Waals surface area contributed by atoms with Crippen molar-refractivity contribution in [3.63, 3.8) is 0 Å². The largest absolute Gasteiger partial charge is 0.471 e. The SMILES string of the molecule is Cc1cccc2cc(CN(CC3CCCO3)C(=O)C(F)(F)F)c3nnnn3c12. The number of ether oxygens (including phenoxy) is 1. The van der Waals surface area contributed by atoms with Gasteiger partial charge in [-0.05, 0) is 41.8 Å². The molecule has 0 radical (unpaired) electrons. The summed E-state index contributed by atoms with van der Waals surface area (Å²) < 4.78 is 46.4. The van der Waals surface area contributed by atoms with Crippen molar-refractivity contribution in [3.8, 4) is 0 Å². The Morgan fingerprint density at radius 1 is 1.39 bits per heavy atom. The first-order valence-corrected chi connectivity index (χ1v) is 8.91. The van der Waals surface area contributed by atoms with E-state index in [1.165, 1.54) is 4.52 Å². The molecule has 28 heavy (non-hydrogen) atoms. The van der Waals surface area contributed by atoms with E-state index in [0.717, 1.165) is 27.8 Å². The van der Waals surface area contributed by atoms with Gasteiger partial charge < -0.3 is 9.64 Å². The van der Waals surface area contributed by atoms with Gasteiger partial charge in [-0.15, -0.1) is 5.10 Å². The van der Waals surface area contributed by atoms with Crippen LogP contribution in [0.1, 0.15) is 24.0 Å². The number of pyridine rings is 1. The molecule has 0 spiro atoms. The number of carbonyl (C=O) groups is 1. The highest BCUT2D eigenvalue weighted by Gasteiger charge is 2.43. The monoisotopic (exact) mass is 393 g/mol. The minimum absolute atomic E-state index is 0.127. The number of carbonyl (C=O) groups excluding carboxylic acids is 1. The second-order valence-electron chi connectivity index (χ2n) is 6.92. The molecule has 1 saturated heterocycles. The van der Waals surface area contributed by atoms with Crippen molar-refractivity contribution in [2.24, 2.45) is 0 Å². The third-order valence-electron chi connectivity index (χ3n) is 4.91. The number of hydrogen-bond donors (Lipinski definition) is 0. The number of aromatic nitrogens is 4. The van der Waals surface area contributed by atoms with Gasteiger partial charge in [-0.2, -0.15) is 17.7 Å². The Morgan fingerprint density at radius 3 is 2.93 bits per heavy atom. The summed E-state index contributed by atoms with van der Waals surface area (Å²) in [5.41, 5.74) is 2.48. The number of nitrogens with zero attached hydrogens (tertiary/aromatic N) is 5. The van der Waals surface area contributed by atoms with Gasteiger partial charge in [0.05, 0.1) is 11.6 Å². The molecule has 1 aliphatic heterocycles. The first-order chi connectivity index (χ1) is 13.3. The predicted molar refractivity (Wildman–Crippen MR) is 93.5 cm³/mol. The standard InChI is InChI=1S/C18H18F3N5O2/c1-11-4-2-5-12-8-13(16-22-23-24-26(16)15(11)12)9-25(17(27)18(19,20)21)10-14-6-3-7-28-14/h2,4-5,8,14H,3,6-7,9-10H2,1H3. The quantitative estimate of drug-likeness (QED) is 0.682. The van der Waals surface area contributed by atoms with Gasteiger partial charge >= 0.3 is 12.1 Å². The van der Waals surface area contributed by atoms with Crippen LogP contribution in [0.2, 0.25) is 0 Å². The van der Waals surface area contributed by atoms with Gasteiger partial charge in [0.2, 0.25) is 0 Å². The highest BCUT2D eigenvalue weighted by atomic mass is 19.4. The number of tetrazole rings is 1. The fourth-order valence-corrected chi connectivity index (χ4v) is 3.63. The van der Waals surface area contributed by atoms with E-state index in [1.54, 1.807) is 6.07 Å². The van der Waals surface area contributed by atoms with Gasteiger partial charge in [0, 0.05) is 30.6 Å². The number of rotatable bonds is 4. The van der Waals surface area contributed by atoms with E-state index in [0.29, 0.717) is 24.2 Å². The lowest BCUT2D eigenvalue weighted by Gasteiger charge is -2.26. The van der Waals surface area contributed by atoms with Crippen LogP contribution in [-0.4, -0.2) is 56.3 Å². The minimum Gasteiger partial charge on any atom is -0.376 e. The highest BCUT2D eigenvalue weighted by molar-refractivity contribution is 5.86. The molecule has 1 unspecified atom stereocenters. The predicted octanol–water partition coefficient (Wildman–Crippen LogP) is 2.66.